The smallest absolute Gasteiger partial charge is 0.408 e. The monoisotopic (exact) mass is 312 g/mol. The van der Waals surface area contributed by atoms with Crippen LogP contribution in [-0.2, 0) is 20.7 Å². The maximum atomic E-state index is 11.8. The van der Waals surface area contributed by atoms with Crippen LogP contribution in [0.2, 0.25) is 0 Å². The van der Waals surface area contributed by atoms with Gasteiger partial charge >= 0.3 is 17.8 Å². The number of carbonyl (C=O) groups is 2. The van der Waals surface area contributed by atoms with E-state index in [0.29, 0.717) is 5.56 Å². The molecule has 0 saturated carbocycles. The number of anilines is 1. The molecule has 0 aromatic carbocycles. The van der Waals surface area contributed by atoms with E-state index in [1.54, 1.807) is 20.8 Å². The first-order chi connectivity index (χ1) is 10.1. The van der Waals surface area contributed by atoms with Crippen molar-refractivity contribution in [2.75, 3.05) is 12.8 Å². The van der Waals surface area contributed by atoms with Gasteiger partial charge in [-0.15, -0.1) is 0 Å². The summed E-state index contributed by atoms with van der Waals surface area (Å²) in [5.74, 6) is -0.601. The van der Waals surface area contributed by atoms with Crippen molar-refractivity contribution in [3.63, 3.8) is 0 Å². The Hall–Kier alpha value is -2.58. The normalized spacial score (nSPS) is 12.4. The summed E-state index contributed by atoms with van der Waals surface area (Å²) < 4.78 is 9.72. The van der Waals surface area contributed by atoms with Crippen LogP contribution in [0.4, 0.5) is 10.6 Å². The van der Waals surface area contributed by atoms with Crippen molar-refractivity contribution < 1.29 is 19.1 Å². The summed E-state index contributed by atoms with van der Waals surface area (Å²) in [5.41, 5.74) is 4.74. The highest BCUT2D eigenvalue weighted by Crippen LogP contribution is 2.10. The average Bonchev–Trinajstić information content (AvgIpc) is 2.37. The third-order valence-corrected chi connectivity index (χ3v) is 2.53. The molecule has 0 aliphatic carbocycles. The third kappa shape index (κ3) is 5.43. The number of aromatic amines is 1. The Labute approximate surface area is 127 Å². The number of rotatable bonds is 4. The minimum atomic E-state index is -1.02. The van der Waals surface area contributed by atoms with Gasteiger partial charge in [-0.05, 0) is 20.8 Å². The van der Waals surface area contributed by atoms with Crippen molar-refractivity contribution in [3.05, 3.63) is 22.2 Å². The number of nitrogens with zero attached hydrogens (tertiary/aromatic N) is 1. The zero-order valence-electron chi connectivity index (χ0n) is 12.9. The van der Waals surface area contributed by atoms with Gasteiger partial charge in [0.15, 0.2) is 0 Å². The van der Waals surface area contributed by atoms with Gasteiger partial charge in [0.1, 0.15) is 17.5 Å². The zero-order valence-corrected chi connectivity index (χ0v) is 12.9. The van der Waals surface area contributed by atoms with E-state index >= 15 is 0 Å². The van der Waals surface area contributed by atoms with Crippen LogP contribution in [0.25, 0.3) is 0 Å². The van der Waals surface area contributed by atoms with Crippen LogP contribution >= 0.6 is 0 Å². The number of aromatic nitrogens is 2. The van der Waals surface area contributed by atoms with E-state index in [4.69, 9.17) is 10.5 Å². The molecule has 1 unspecified atom stereocenters. The van der Waals surface area contributed by atoms with Gasteiger partial charge in [0.05, 0.1) is 7.11 Å². The topological polar surface area (TPSA) is 136 Å². The van der Waals surface area contributed by atoms with Gasteiger partial charge in [-0.25, -0.2) is 19.4 Å². The predicted octanol–water partition coefficient (Wildman–Crippen LogP) is -0.0391. The van der Waals surface area contributed by atoms with Crippen molar-refractivity contribution in [1.29, 1.82) is 0 Å². The van der Waals surface area contributed by atoms with Crippen molar-refractivity contribution in [2.24, 2.45) is 0 Å². The van der Waals surface area contributed by atoms with Gasteiger partial charge in [0, 0.05) is 18.2 Å². The van der Waals surface area contributed by atoms with E-state index in [2.05, 4.69) is 20.0 Å². The Morgan fingerprint density at radius 3 is 2.59 bits per heavy atom. The number of ether oxygens (including phenoxy) is 2. The number of nitrogens with one attached hydrogen (secondary N) is 2. The van der Waals surface area contributed by atoms with Gasteiger partial charge in [-0.2, -0.15) is 0 Å². The van der Waals surface area contributed by atoms with E-state index in [1.807, 2.05) is 0 Å². The zero-order chi connectivity index (χ0) is 16.9. The molecule has 0 saturated heterocycles. The molecule has 9 nitrogen and oxygen atoms in total. The van der Waals surface area contributed by atoms with E-state index < -0.39 is 29.4 Å². The van der Waals surface area contributed by atoms with E-state index in [-0.39, 0.29) is 12.2 Å². The number of H-pyrrole nitrogens is 1. The van der Waals surface area contributed by atoms with Crippen molar-refractivity contribution in [3.8, 4) is 0 Å². The summed E-state index contributed by atoms with van der Waals surface area (Å²) >= 11 is 0. The van der Waals surface area contributed by atoms with Crippen LogP contribution in [0.5, 0.6) is 0 Å². The molecule has 0 aliphatic rings. The largest absolute Gasteiger partial charge is 0.467 e. The first-order valence-electron chi connectivity index (χ1n) is 6.53. The van der Waals surface area contributed by atoms with E-state index in [1.165, 1.54) is 13.3 Å². The molecule has 0 fully saturated rings. The molecule has 0 aliphatic heterocycles. The lowest BCUT2D eigenvalue weighted by atomic mass is 10.1. The maximum absolute atomic E-state index is 11.8. The highest BCUT2D eigenvalue weighted by Gasteiger charge is 2.26. The summed E-state index contributed by atoms with van der Waals surface area (Å²) in [6.07, 6.45) is 0.474. The fourth-order valence-corrected chi connectivity index (χ4v) is 1.60. The number of esters is 1. The SMILES string of the molecule is COC(=O)C(Cc1cnc(=O)[nH]c1N)NC(=O)OC(C)(C)C. The lowest BCUT2D eigenvalue weighted by molar-refractivity contribution is -0.143. The van der Waals surface area contributed by atoms with Gasteiger partial charge < -0.3 is 20.5 Å². The Balaban J connectivity index is 2.87. The van der Waals surface area contributed by atoms with Gasteiger partial charge in [0.2, 0.25) is 0 Å². The first-order valence-corrected chi connectivity index (χ1v) is 6.53. The van der Waals surface area contributed by atoms with Crippen LogP contribution in [-0.4, -0.2) is 40.8 Å². The Morgan fingerprint density at radius 1 is 1.45 bits per heavy atom. The number of hydrogen-bond donors (Lipinski definition) is 3. The van der Waals surface area contributed by atoms with Gasteiger partial charge in [0.25, 0.3) is 0 Å². The number of amides is 1. The quantitative estimate of drug-likeness (QED) is 0.663. The molecule has 0 radical (unpaired) electrons. The second-order valence-electron chi connectivity index (χ2n) is 5.55. The molecule has 1 aromatic heterocycles. The molecular weight excluding hydrogens is 292 g/mol. The molecule has 4 N–H and O–H groups in total. The summed E-state index contributed by atoms with van der Waals surface area (Å²) in [6.45, 7) is 5.09. The summed E-state index contributed by atoms with van der Waals surface area (Å²) in [6, 6.07) is -1.02. The molecule has 1 atom stereocenters. The minimum absolute atomic E-state index is 0.00152. The third-order valence-electron chi connectivity index (χ3n) is 2.53. The van der Waals surface area contributed by atoms with Crippen LogP contribution in [0.3, 0.4) is 0 Å². The average molecular weight is 312 g/mol. The van der Waals surface area contributed by atoms with Crippen molar-refractivity contribution in [1.82, 2.24) is 15.3 Å². The van der Waals surface area contributed by atoms with Crippen molar-refractivity contribution in [2.45, 2.75) is 38.8 Å². The Bertz CT molecular complexity index is 605. The molecule has 9 heteroatoms. The molecule has 22 heavy (non-hydrogen) atoms. The first kappa shape index (κ1) is 17.5. The second-order valence-corrected chi connectivity index (χ2v) is 5.55. The molecule has 1 amide bonds. The van der Waals surface area contributed by atoms with Crippen molar-refractivity contribution >= 4 is 17.9 Å². The molecule has 0 spiro atoms. The fourth-order valence-electron chi connectivity index (χ4n) is 1.60. The second kappa shape index (κ2) is 6.92. The molecule has 1 heterocycles. The molecule has 1 aromatic rings. The standard InChI is InChI=1S/C13H20N4O5/c1-13(2,3)22-12(20)16-8(10(18)21-4)5-7-6-15-11(19)17-9(7)14/h6,8H,5H2,1-4H3,(H,16,20)(H3,14,15,17,19). The Morgan fingerprint density at radius 2 is 2.09 bits per heavy atom. The van der Waals surface area contributed by atoms with E-state index in [0.717, 1.165) is 0 Å². The minimum Gasteiger partial charge on any atom is -0.467 e. The van der Waals surface area contributed by atoms with Crippen LogP contribution in [0.1, 0.15) is 26.3 Å². The lowest BCUT2D eigenvalue weighted by Crippen LogP contribution is -2.45. The number of alkyl carbamates (subject to hydrolysis) is 1. The number of methoxy groups -OCH3 is 1. The van der Waals surface area contributed by atoms with E-state index in [9.17, 15) is 14.4 Å². The summed E-state index contributed by atoms with van der Waals surface area (Å²) in [4.78, 5) is 40.4. The number of carbonyl (C=O) groups excluding carboxylic acids is 2. The molecule has 122 valence electrons. The summed E-state index contributed by atoms with van der Waals surface area (Å²) in [5, 5.41) is 2.40. The molecular formula is C13H20N4O5. The van der Waals surface area contributed by atoms with Gasteiger partial charge in [-0.1, -0.05) is 0 Å². The highest BCUT2D eigenvalue weighted by atomic mass is 16.6. The van der Waals surface area contributed by atoms with Crippen LogP contribution < -0.4 is 16.7 Å². The predicted molar refractivity (Wildman–Crippen MR) is 78.1 cm³/mol. The number of hydrogen-bond acceptors (Lipinski definition) is 7. The summed E-state index contributed by atoms with van der Waals surface area (Å²) in [7, 11) is 1.20. The highest BCUT2D eigenvalue weighted by molar-refractivity contribution is 5.81. The molecule has 1 rings (SSSR count). The van der Waals surface area contributed by atoms with Crippen LogP contribution in [0, 0.1) is 0 Å². The lowest BCUT2D eigenvalue weighted by Gasteiger charge is -2.22. The van der Waals surface area contributed by atoms with Crippen LogP contribution in [0.15, 0.2) is 11.0 Å². The Kier molecular flexibility index (Phi) is 5.50. The number of nitrogens with two attached hydrogens (primary N) is 1. The fraction of sp³-hybridized carbons (Fsp3) is 0.538. The maximum Gasteiger partial charge on any atom is 0.408 e. The van der Waals surface area contributed by atoms with Gasteiger partial charge in [-0.3, -0.25) is 4.98 Å². The molecule has 0 bridgehead atoms. The number of nitrogen functional groups attached to an aromatic ring is 1.